The van der Waals surface area contributed by atoms with Crippen molar-refractivity contribution >= 4 is 23.4 Å². The number of carbonyl (C=O) groups is 2. The third-order valence-electron chi connectivity index (χ3n) is 4.42. The maximum absolute atomic E-state index is 13.0. The first kappa shape index (κ1) is 20.0. The lowest BCUT2D eigenvalue weighted by molar-refractivity contribution is -0.140. The second-order valence-electron chi connectivity index (χ2n) is 6.29. The number of hydrogen-bond donors (Lipinski definition) is 1. The summed E-state index contributed by atoms with van der Waals surface area (Å²) in [6.45, 7) is 6.53. The van der Waals surface area contributed by atoms with E-state index in [1.807, 2.05) is 56.3 Å². The van der Waals surface area contributed by atoms with Gasteiger partial charge in [-0.25, -0.2) is 0 Å². The van der Waals surface area contributed by atoms with Gasteiger partial charge in [0.05, 0.1) is 6.42 Å². The van der Waals surface area contributed by atoms with Crippen molar-refractivity contribution in [2.24, 2.45) is 0 Å². The van der Waals surface area contributed by atoms with Gasteiger partial charge in [-0.1, -0.05) is 54.1 Å². The molecule has 26 heavy (non-hydrogen) atoms. The fourth-order valence-corrected chi connectivity index (χ4v) is 2.98. The van der Waals surface area contributed by atoms with E-state index in [1.165, 1.54) is 0 Å². The molecule has 0 spiro atoms. The van der Waals surface area contributed by atoms with E-state index in [0.717, 1.165) is 16.7 Å². The molecule has 2 aromatic rings. The van der Waals surface area contributed by atoms with Crippen LogP contribution in [0.5, 0.6) is 0 Å². The van der Waals surface area contributed by atoms with Crippen molar-refractivity contribution in [2.75, 3.05) is 6.54 Å². The van der Waals surface area contributed by atoms with E-state index in [0.29, 0.717) is 18.1 Å². The average molecular weight is 373 g/mol. The van der Waals surface area contributed by atoms with Gasteiger partial charge in [0.25, 0.3) is 0 Å². The molecule has 4 nitrogen and oxygen atoms in total. The number of likely N-dealkylation sites (N-methyl/N-ethyl adjacent to an activating group) is 1. The molecule has 5 heteroatoms. The van der Waals surface area contributed by atoms with Gasteiger partial charge < -0.3 is 10.2 Å². The molecular formula is C21H25ClN2O2. The number of aryl methyl sites for hydroxylation is 1. The second kappa shape index (κ2) is 9.39. The summed E-state index contributed by atoms with van der Waals surface area (Å²) in [5.41, 5.74) is 2.87. The Hall–Kier alpha value is -2.33. The van der Waals surface area contributed by atoms with Gasteiger partial charge in [-0.2, -0.15) is 0 Å². The van der Waals surface area contributed by atoms with Crippen molar-refractivity contribution in [1.29, 1.82) is 0 Å². The van der Waals surface area contributed by atoms with Crippen LogP contribution in [0.4, 0.5) is 0 Å². The molecule has 0 radical (unpaired) electrons. The van der Waals surface area contributed by atoms with Crippen LogP contribution in [0.15, 0.2) is 48.5 Å². The molecule has 0 saturated heterocycles. The lowest BCUT2D eigenvalue weighted by Crippen LogP contribution is -2.48. The summed E-state index contributed by atoms with van der Waals surface area (Å²) in [5.74, 6) is -0.284. The van der Waals surface area contributed by atoms with E-state index in [2.05, 4.69) is 5.32 Å². The zero-order valence-electron chi connectivity index (χ0n) is 15.5. The van der Waals surface area contributed by atoms with E-state index in [4.69, 9.17) is 11.6 Å². The van der Waals surface area contributed by atoms with Crippen LogP contribution in [0, 0.1) is 6.92 Å². The van der Waals surface area contributed by atoms with E-state index in [1.54, 1.807) is 17.9 Å². The molecule has 1 atom stereocenters. The Balaban J connectivity index is 2.27. The molecule has 1 N–H and O–H groups in total. The Morgan fingerprint density at radius 2 is 1.69 bits per heavy atom. The van der Waals surface area contributed by atoms with Crippen LogP contribution in [0.2, 0.25) is 5.02 Å². The molecule has 0 aliphatic rings. The molecule has 0 bridgehead atoms. The molecule has 2 amide bonds. The van der Waals surface area contributed by atoms with Crippen LogP contribution in [0.1, 0.15) is 30.5 Å². The highest BCUT2D eigenvalue weighted by Crippen LogP contribution is 2.19. The fraction of sp³-hybridized carbons (Fsp3) is 0.333. The largest absolute Gasteiger partial charge is 0.355 e. The maximum Gasteiger partial charge on any atom is 0.242 e. The molecule has 2 aromatic carbocycles. The number of amides is 2. The molecule has 2 rings (SSSR count). The zero-order valence-corrected chi connectivity index (χ0v) is 16.2. The van der Waals surface area contributed by atoms with Crippen molar-refractivity contribution in [1.82, 2.24) is 10.2 Å². The Bertz CT molecular complexity index is 776. The summed E-state index contributed by atoms with van der Waals surface area (Å²) in [7, 11) is 0. The number of halogens is 1. The van der Waals surface area contributed by atoms with Crippen LogP contribution >= 0.6 is 11.6 Å². The SMILES string of the molecule is CCNC(=O)[C@H](C)N(Cc1ccccc1C)C(=O)Cc1ccccc1Cl. The summed E-state index contributed by atoms with van der Waals surface area (Å²) in [5, 5.41) is 3.36. The van der Waals surface area contributed by atoms with Crippen molar-refractivity contribution in [3.05, 3.63) is 70.2 Å². The van der Waals surface area contributed by atoms with Gasteiger partial charge in [0.1, 0.15) is 6.04 Å². The Morgan fingerprint density at radius 3 is 2.31 bits per heavy atom. The molecule has 0 unspecified atom stereocenters. The number of benzene rings is 2. The number of rotatable bonds is 7. The Morgan fingerprint density at radius 1 is 1.08 bits per heavy atom. The zero-order chi connectivity index (χ0) is 19.1. The van der Waals surface area contributed by atoms with Crippen LogP contribution in [-0.4, -0.2) is 29.3 Å². The Kier molecular flexibility index (Phi) is 7.22. The predicted molar refractivity (Wildman–Crippen MR) is 105 cm³/mol. The lowest BCUT2D eigenvalue weighted by Gasteiger charge is -2.29. The minimum absolute atomic E-state index is 0.125. The van der Waals surface area contributed by atoms with Crippen molar-refractivity contribution in [2.45, 2.75) is 39.8 Å². The summed E-state index contributed by atoms with van der Waals surface area (Å²) in [4.78, 5) is 27.0. The summed E-state index contributed by atoms with van der Waals surface area (Å²) < 4.78 is 0. The number of nitrogens with one attached hydrogen (secondary N) is 1. The highest BCUT2D eigenvalue weighted by Gasteiger charge is 2.26. The van der Waals surface area contributed by atoms with Gasteiger partial charge in [-0.3, -0.25) is 9.59 Å². The van der Waals surface area contributed by atoms with Crippen molar-refractivity contribution < 1.29 is 9.59 Å². The fourth-order valence-electron chi connectivity index (χ4n) is 2.78. The van der Waals surface area contributed by atoms with E-state index in [-0.39, 0.29) is 18.2 Å². The van der Waals surface area contributed by atoms with Crippen LogP contribution in [0.25, 0.3) is 0 Å². The monoisotopic (exact) mass is 372 g/mol. The quantitative estimate of drug-likeness (QED) is 0.804. The van der Waals surface area contributed by atoms with Crippen LogP contribution < -0.4 is 5.32 Å². The summed E-state index contributed by atoms with van der Waals surface area (Å²) in [6, 6.07) is 14.6. The summed E-state index contributed by atoms with van der Waals surface area (Å²) >= 11 is 6.20. The van der Waals surface area contributed by atoms with Gasteiger partial charge in [0.2, 0.25) is 11.8 Å². The first-order valence-corrected chi connectivity index (χ1v) is 9.17. The lowest BCUT2D eigenvalue weighted by atomic mass is 10.1. The maximum atomic E-state index is 13.0. The first-order valence-electron chi connectivity index (χ1n) is 8.79. The van der Waals surface area contributed by atoms with Crippen molar-refractivity contribution in [3.63, 3.8) is 0 Å². The average Bonchev–Trinajstić information content (AvgIpc) is 2.62. The van der Waals surface area contributed by atoms with Gasteiger partial charge in [0, 0.05) is 18.1 Å². The minimum Gasteiger partial charge on any atom is -0.355 e. The van der Waals surface area contributed by atoms with Gasteiger partial charge in [0.15, 0.2) is 0 Å². The number of hydrogen-bond acceptors (Lipinski definition) is 2. The van der Waals surface area contributed by atoms with Gasteiger partial charge in [-0.05, 0) is 43.5 Å². The van der Waals surface area contributed by atoms with Crippen LogP contribution in [-0.2, 0) is 22.6 Å². The predicted octanol–water partition coefficient (Wildman–Crippen LogP) is 3.74. The smallest absolute Gasteiger partial charge is 0.242 e. The molecule has 0 saturated carbocycles. The highest BCUT2D eigenvalue weighted by molar-refractivity contribution is 6.31. The normalized spacial score (nSPS) is 11.7. The first-order chi connectivity index (χ1) is 12.4. The molecule has 0 aliphatic heterocycles. The molecule has 0 fully saturated rings. The second-order valence-corrected chi connectivity index (χ2v) is 6.69. The standard InChI is InChI=1S/C21H25ClN2O2/c1-4-23-21(26)16(3)24(14-18-11-6-5-9-15(18)2)20(25)13-17-10-7-8-12-19(17)22/h5-12,16H,4,13-14H2,1-3H3,(H,23,26)/t16-/m0/s1. The van der Waals surface area contributed by atoms with E-state index < -0.39 is 6.04 Å². The molecule has 0 heterocycles. The Labute approximate surface area is 160 Å². The molecule has 0 aromatic heterocycles. The topological polar surface area (TPSA) is 49.4 Å². The molecule has 0 aliphatic carbocycles. The third-order valence-corrected chi connectivity index (χ3v) is 4.79. The summed E-state index contributed by atoms with van der Waals surface area (Å²) in [6.07, 6.45) is 0.162. The minimum atomic E-state index is -0.565. The van der Waals surface area contributed by atoms with E-state index in [9.17, 15) is 9.59 Å². The van der Waals surface area contributed by atoms with Crippen molar-refractivity contribution in [3.8, 4) is 0 Å². The third kappa shape index (κ3) is 5.09. The number of nitrogens with zero attached hydrogens (tertiary/aromatic N) is 1. The number of carbonyl (C=O) groups excluding carboxylic acids is 2. The highest BCUT2D eigenvalue weighted by atomic mass is 35.5. The van der Waals surface area contributed by atoms with E-state index >= 15 is 0 Å². The van der Waals surface area contributed by atoms with Crippen LogP contribution in [0.3, 0.4) is 0 Å². The van der Waals surface area contributed by atoms with Gasteiger partial charge >= 0.3 is 0 Å². The van der Waals surface area contributed by atoms with Gasteiger partial charge in [-0.15, -0.1) is 0 Å². The molecular weight excluding hydrogens is 348 g/mol. The molecule has 138 valence electrons.